The highest BCUT2D eigenvalue weighted by Crippen LogP contribution is 2.25. The van der Waals surface area contributed by atoms with Crippen molar-refractivity contribution in [1.29, 1.82) is 0 Å². The molecule has 0 heterocycles. The summed E-state index contributed by atoms with van der Waals surface area (Å²) in [6.07, 6.45) is 17.6. The van der Waals surface area contributed by atoms with Crippen LogP contribution in [0.1, 0.15) is 116 Å². The van der Waals surface area contributed by atoms with Gasteiger partial charge in [-0.15, -0.1) is 0 Å². The lowest BCUT2D eigenvalue weighted by atomic mass is 9.87. The molecule has 3 atom stereocenters. The molecule has 0 fully saturated rings. The predicted octanol–water partition coefficient (Wildman–Crippen LogP) is 7.43. The van der Waals surface area contributed by atoms with Crippen LogP contribution in [0, 0.1) is 5.92 Å². The minimum Gasteiger partial charge on any atom is -0.394 e. The van der Waals surface area contributed by atoms with E-state index in [1.54, 1.807) is 0 Å². The molecule has 0 amide bonds. The van der Waals surface area contributed by atoms with Crippen LogP contribution in [-0.4, -0.2) is 29.0 Å². The molecule has 3 nitrogen and oxygen atoms in total. The van der Waals surface area contributed by atoms with Crippen molar-refractivity contribution in [3.63, 3.8) is 0 Å². The molecule has 0 spiro atoms. The summed E-state index contributed by atoms with van der Waals surface area (Å²) in [5.74, 6) is 0.217. The highest BCUT2D eigenvalue weighted by molar-refractivity contribution is 5.13. The second-order valence-electron chi connectivity index (χ2n) is 9.23. The summed E-state index contributed by atoms with van der Waals surface area (Å²) in [5.41, 5.74) is 1.08. The fourth-order valence-corrected chi connectivity index (χ4v) is 4.38. The Morgan fingerprint density at radius 2 is 1.19 bits per heavy atom. The van der Waals surface area contributed by atoms with E-state index in [1.807, 2.05) is 30.3 Å². The van der Waals surface area contributed by atoms with Crippen LogP contribution in [0.15, 0.2) is 30.3 Å². The van der Waals surface area contributed by atoms with E-state index in [0.717, 1.165) is 18.4 Å². The molecule has 3 unspecified atom stereocenters. The van der Waals surface area contributed by atoms with Crippen molar-refractivity contribution in [2.24, 2.45) is 5.92 Å². The van der Waals surface area contributed by atoms with Gasteiger partial charge in [0.25, 0.3) is 0 Å². The Balaban J connectivity index is 2.48. The molecule has 0 saturated heterocycles. The molecule has 0 saturated carbocycles. The summed E-state index contributed by atoms with van der Waals surface area (Å²) in [4.78, 5) is 0. The number of hydrogen-bond acceptors (Lipinski definition) is 3. The lowest BCUT2D eigenvalue weighted by Crippen LogP contribution is -2.38. The van der Waals surface area contributed by atoms with Gasteiger partial charge in [-0.3, -0.25) is 0 Å². The van der Waals surface area contributed by atoms with Crippen molar-refractivity contribution in [2.75, 3.05) is 6.61 Å². The Morgan fingerprint density at radius 1 is 0.710 bits per heavy atom. The number of rotatable bonds is 21. The minimum atomic E-state index is -0.593. The Bertz CT molecular complexity index is 490. The van der Waals surface area contributed by atoms with Crippen LogP contribution < -0.4 is 0 Å². The van der Waals surface area contributed by atoms with Crippen LogP contribution in [0.25, 0.3) is 0 Å². The Morgan fingerprint density at radius 3 is 1.68 bits per heavy atom. The van der Waals surface area contributed by atoms with Gasteiger partial charge in [0.05, 0.1) is 19.3 Å². The normalized spacial score (nSPS) is 14.5. The molecule has 0 aliphatic rings. The number of hydrogen-bond donors (Lipinski definition) is 2. The van der Waals surface area contributed by atoms with Crippen molar-refractivity contribution >= 4 is 0 Å². The summed E-state index contributed by atoms with van der Waals surface area (Å²) in [5, 5.41) is 21.0. The van der Waals surface area contributed by atoms with Gasteiger partial charge in [-0.1, -0.05) is 128 Å². The molecule has 0 aliphatic heterocycles. The van der Waals surface area contributed by atoms with E-state index in [-0.39, 0.29) is 12.5 Å². The average Bonchev–Trinajstić information content (AvgIpc) is 2.80. The van der Waals surface area contributed by atoms with E-state index in [1.165, 1.54) is 83.5 Å². The largest absolute Gasteiger partial charge is 0.394 e. The Labute approximate surface area is 192 Å². The van der Waals surface area contributed by atoms with Gasteiger partial charge < -0.3 is 14.9 Å². The molecular weight excluding hydrogens is 384 g/mol. The van der Waals surface area contributed by atoms with Crippen molar-refractivity contribution in [3.05, 3.63) is 35.9 Å². The molecular formula is C28H50O3. The van der Waals surface area contributed by atoms with Crippen LogP contribution in [0.5, 0.6) is 0 Å². The molecule has 0 radical (unpaired) electrons. The first-order chi connectivity index (χ1) is 15.2. The molecule has 3 heteroatoms. The van der Waals surface area contributed by atoms with E-state index >= 15 is 0 Å². The first-order valence-corrected chi connectivity index (χ1v) is 13.2. The van der Waals surface area contributed by atoms with E-state index in [0.29, 0.717) is 6.61 Å². The molecule has 1 aromatic rings. The highest BCUT2D eigenvalue weighted by Gasteiger charge is 2.27. The first-order valence-electron chi connectivity index (χ1n) is 13.2. The minimum absolute atomic E-state index is 0.127. The third-order valence-electron chi connectivity index (χ3n) is 6.46. The number of unbranched alkanes of at least 4 members (excludes halogenated alkanes) is 11. The van der Waals surface area contributed by atoms with Gasteiger partial charge in [0.1, 0.15) is 6.10 Å². The maximum absolute atomic E-state index is 11.1. The van der Waals surface area contributed by atoms with Gasteiger partial charge in [0.15, 0.2) is 0 Å². The highest BCUT2D eigenvalue weighted by atomic mass is 16.5. The summed E-state index contributed by atoms with van der Waals surface area (Å²) < 4.78 is 5.95. The number of benzene rings is 1. The van der Waals surface area contributed by atoms with Crippen LogP contribution in [0.3, 0.4) is 0 Å². The number of ether oxygens (including phenoxy) is 1. The predicted molar refractivity (Wildman–Crippen MR) is 132 cm³/mol. The van der Waals surface area contributed by atoms with Gasteiger partial charge in [0.2, 0.25) is 0 Å². The van der Waals surface area contributed by atoms with Gasteiger partial charge >= 0.3 is 0 Å². The zero-order valence-electron chi connectivity index (χ0n) is 20.4. The Kier molecular flexibility index (Phi) is 17.9. The standard InChI is InChI=1S/C28H50O3/c1-3-5-7-9-11-13-18-22-26(21-17-12-10-8-6-4-2)28(30)27(23-29)31-24-25-19-15-14-16-20-25/h14-16,19-20,26-30H,3-13,17-18,21-24H2,1-2H3. The maximum atomic E-state index is 11.1. The fourth-order valence-electron chi connectivity index (χ4n) is 4.38. The quantitative estimate of drug-likeness (QED) is 0.198. The maximum Gasteiger partial charge on any atom is 0.107 e. The third kappa shape index (κ3) is 14.0. The van der Waals surface area contributed by atoms with E-state index in [9.17, 15) is 10.2 Å². The lowest BCUT2D eigenvalue weighted by molar-refractivity contribution is -0.0936. The van der Waals surface area contributed by atoms with Crippen molar-refractivity contribution in [3.8, 4) is 0 Å². The summed E-state index contributed by atoms with van der Waals surface area (Å²) >= 11 is 0. The zero-order chi connectivity index (χ0) is 22.6. The lowest BCUT2D eigenvalue weighted by Gasteiger charge is -2.29. The topological polar surface area (TPSA) is 49.7 Å². The number of aliphatic hydroxyl groups is 2. The molecule has 1 rings (SSSR count). The molecule has 0 aromatic heterocycles. The summed E-state index contributed by atoms with van der Waals surface area (Å²) in [6.45, 7) is 4.81. The van der Waals surface area contributed by atoms with Gasteiger partial charge in [-0.25, -0.2) is 0 Å². The molecule has 180 valence electrons. The smallest absolute Gasteiger partial charge is 0.107 e. The SMILES string of the molecule is CCCCCCCCCC(CCCCCCCC)C(O)C(CO)OCc1ccccc1. The van der Waals surface area contributed by atoms with Crippen molar-refractivity contribution in [1.82, 2.24) is 0 Å². The van der Waals surface area contributed by atoms with Crippen molar-refractivity contribution in [2.45, 2.75) is 129 Å². The summed E-state index contributed by atoms with van der Waals surface area (Å²) in [6, 6.07) is 10.0. The third-order valence-corrected chi connectivity index (χ3v) is 6.46. The van der Waals surface area contributed by atoms with Crippen LogP contribution in [-0.2, 0) is 11.3 Å². The van der Waals surface area contributed by atoms with Crippen LogP contribution in [0.4, 0.5) is 0 Å². The van der Waals surface area contributed by atoms with Gasteiger partial charge in [-0.05, 0) is 24.3 Å². The number of aliphatic hydroxyl groups excluding tert-OH is 2. The first kappa shape index (κ1) is 28.1. The van der Waals surface area contributed by atoms with E-state index in [2.05, 4.69) is 13.8 Å². The Hall–Kier alpha value is -0.900. The van der Waals surface area contributed by atoms with Crippen LogP contribution in [0.2, 0.25) is 0 Å². The molecule has 1 aromatic carbocycles. The second-order valence-corrected chi connectivity index (χ2v) is 9.23. The summed E-state index contributed by atoms with van der Waals surface area (Å²) in [7, 11) is 0. The average molecular weight is 435 g/mol. The fraction of sp³-hybridized carbons (Fsp3) is 0.786. The molecule has 0 aliphatic carbocycles. The molecule has 2 N–H and O–H groups in total. The molecule has 0 bridgehead atoms. The molecule has 31 heavy (non-hydrogen) atoms. The monoisotopic (exact) mass is 434 g/mol. The van der Waals surface area contributed by atoms with E-state index < -0.39 is 12.2 Å². The van der Waals surface area contributed by atoms with Gasteiger partial charge in [-0.2, -0.15) is 0 Å². The van der Waals surface area contributed by atoms with Crippen LogP contribution >= 0.6 is 0 Å². The van der Waals surface area contributed by atoms with Crippen molar-refractivity contribution < 1.29 is 14.9 Å². The van der Waals surface area contributed by atoms with Gasteiger partial charge in [0, 0.05) is 0 Å². The second kappa shape index (κ2) is 19.8. The zero-order valence-corrected chi connectivity index (χ0v) is 20.4. The van der Waals surface area contributed by atoms with E-state index in [4.69, 9.17) is 4.74 Å².